The molecule has 0 fully saturated rings. The van der Waals surface area contributed by atoms with Gasteiger partial charge in [0.05, 0.1) is 6.61 Å². The molecule has 0 bridgehead atoms. The molecule has 0 amide bonds. The van der Waals surface area contributed by atoms with Crippen molar-refractivity contribution in [1.29, 1.82) is 0 Å². The number of aryl methyl sites for hydroxylation is 1. The van der Waals surface area contributed by atoms with Crippen LogP contribution in [0.5, 0.6) is 0 Å². The number of hydrogen-bond acceptors (Lipinski definition) is 4. The maximum atomic E-state index is 10.1. The molecule has 3 nitrogen and oxygen atoms in total. The highest BCUT2D eigenvalue weighted by Gasteiger charge is 2.22. The molecule has 0 radical (unpaired) electrons. The number of fused-ring (bicyclic) bond motifs is 1. The van der Waals surface area contributed by atoms with Crippen molar-refractivity contribution >= 4 is 21.4 Å². The smallest absolute Gasteiger partial charge is 0.0541 e. The van der Waals surface area contributed by atoms with Crippen LogP contribution in [0.3, 0.4) is 0 Å². The van der Waals surface area contributed by atoms with Crippen molar-refractivity contribution in [2.75, 3.05) is 27.2 Å². The van der Waals surface area contributed by atoms with E-state index < -0.39 is 0 Å². The van der Waals surface area contributed by atoms with Gasteiger partial charge in [0.25, 0.3) is 0 Å². The summed E-state index contributed by atoms with van der Waals surface area (Å²) in [6.45, 7) is 3.09. The van der Waals surface area contributed by atoms with Gasteiger partial charge in [0.1, 0.15) is 0 Å². The van der Waals surface area contributed by atoms with Crippen molar-refractivity contribution in [3.8, 4) is 0 Å². The second-order valence-corrected chi connectivity index (χ2v) is 7.59. The van der Waals surface area contributed by atoms with Gasteiger partial charge in [-0.1, -0.05) is 24.3 Å². The Kier molecular flexibility index (Phi) is 5.29. The van der Waals surface area contributed by atoms with E-state index in [1.165, 1.54) is 20.5 Å². The monoisotopic (exact) mass is 340 g/mol. The Balaban J connectivity index is 2.10. The summed E-state index contributed by atoms with van der Waals surface area (Å²) in [5.74, 6) is -0.0218. The van der Waals surface area contributed by atoms with E-state index in [0.29, 0.717) is 0 Å². The Morgan fingerprint density at radius 2 is 1.96 bits per heavy atom. The topological polar surface area (TPSA) is 36.4 Å². The lowest BCUT2D eigenvalue weighted by Crippen LogP contribution is -2.16. The van der Waals surface area contributed by atoms with Crippen LogP contribution in [0.15, 0.2) is 42.6 Å². The largest absolute Gasteiger partial charge is 0.395 e. The first kappa shape index (κ1) is 17.1. The molecule has 3 rings (SSSR count). The lowest BCUT2D eigenvalue weighted by Gasteiger charge is -2.18. The van der Waals surface area contributed by atoms with Gasteiger partial charge >= 0.3 is 0 Å². The number of benzene rings is 1. The molecule has 1 N–H and O–H groups in total. The van der Waals surface area contributed by atoms with Gasteiger partial charge in [-0.25, -0.2) is 0 Å². The molecule has 3 aromatic rings. The van der Waals surface area contributed by atoms with Crippen LogP contribution in [0.25, 0.3) is 10.1 Å². The standard InChI is InChI=1S/C20H24N2OS/c1-14-8-9-15(12-21-14)17(13-23)20-16-6-4-5-7-18(16)24-19(20)10-11-22(2)3/h4-9,12,17,23H,10-11,13H2,1-3H3. The quantitative estimate of drug-likeness (QED) is 0.741. The van der Waals surface area contributed by atoms with E-state index in [9.17, 15) is 5.11 Å². The highest BCUT2D eigenvalue weighted by molar-refractivity contribution is 7.19. The molecule has 1 unspecified atom stereocenters. The number of aliphatic hydroxyl groups is 1. The number of thiophene rings is 1. The summed E-state index contributed by atoms with van der Waals surface area (Å²) in [4.78, 5) is 8.00. The summed E-state index contributed by atoms with van der Waals surface area (Å²) in [5.41, 5.74) is 3.35. The van der Waals surface area contributed by atoms with Crippen LogP contribution in [0.2, 0.25) is 0 Å². The third kappa shape index (κ3) is 3.51. The van der Waals surface area contributed by atoms with Gasteiger partial charge < -0.3 is 10.0 Å². The third-order valence-electron chi connectivity index (χ3n) is 4.36. The van der Waals surface area contributed by atoms with Crippen LogP contribution in [0.4, 0.5) is 0 Å². The molecule has 0 aliphatic heterocycles. The normalized spacial score (nSPS) is 12.9. The minimum absolute atomic E-state index is 0.0218. The maximum Gasteiger partial charge on any atom is 0.0541 e. The number of rotatable bonds is 6. The maximum absolute atomic E-state index is 10.1. The van der Waals surface area contributed by atoms with Crippen molar-refractivity contribution in [2.24, 2.45) is 0 Å². The van der Waals surface area contributed by atoms with Crippen molar-refractivity contribution in [3.05, 3.63) is 64.3 Å². The molecule has 1 aromatic carbocycles. The first-order valence-electron chi connectivity index (χ1n) is 8.28. The fourth-order valence-electron chi connectivity index (χ4n) is 3.06. The third-order valence-corrected chi connectivity index (χ3v) is 5.61. The van der Waals surface area contributed by atoms with Crippen molar-refractivity contribution in [3.63, 3.8) is 0 Å². The average molecular weight is 340 g/mol. The minimum atomic E-state index is -0.0218. The van der Waals surface area contributed by atoms with Crippen molar-refractivity contribution in [2.45, 2.75) is 19.3 Å². The molecule has 2 aromatic heterocycles. The summed E-state index contributed by atoms with van der Waals surface area (Å²) in [7, 11) is 4.20. The Bertz CT molecular complexity index is 808. The van der Waals surface area contributed by atoms with E-state index in [2.05, 4.69) is 54.3 Å². The summed E-state index contributed by atoms with van der Waals surface area (Å²) >= 11 is 1.85. The summed E-state index contributed by atoms with van der Waals surface area (Å²) in [6.07, 6.45) is 2.90. The van der Waals surface area contributed by atoms with Crippen LogP contribution in [-0.2, 0) is 6.42 Å². The number of likely N-dealkylation sites (N-methyl/N-ethyl adjacent to an activating group) is 1. The fraction of sp³-hybridized carbons (Fsp3) is 0.350. The van der Waals surface area contributed by atoms with E-state index in [4.69, 9.17) is 0 Å². The molecule has 0 aliphatic rings. The van der Waals surface area contributed by atoms with Gasteiger partial charge in [0.2, 0.25) is 0 Å². The van der Waals surface area contributed by atoms with Gasteiger partial charge in [0.15, 0.2) is 0 Å². The molecule has 0 saturated heterocycles. The highest BCUT2D eigenvalue weighted by atomic mass is 32.1. The zero-order valence-electron chi connectivity index (χ0n) is 14.5. The first-order chi connectivity index (χ1) is 11.6. The van der Waals surface area contributed by atoms with Gasteiger partial charge in [-0.15, -0.1) is 11.3 Å². The number of hydrogen-bond donors (Lipinski definition) is 1. The van der Waals surface area contributed by atoms with Crippen LogP contribution in [0.1, 0.15) is 27.6 Å². The molecular formula is C20H24N2OS. The van der Waals surface area contributed by atoms with E-state index in [1.54, 1.807) is 0 Å². The summed E-state index contributed by atoms with van der Waals surface area (Å²) in [5, 5.41) is 11.4. The van der Waals surface area contributed by atoms with Crippen molar-refractivity contribution in [1.82, 2.24) is 9.88 Å². The Labute approximate surface area is 147 Å². The van der Waals surface area contributed by atoms with E-state index in [1.807, 2.05) is 30.5 Å². The Morgan fingerprint density at radius 3 is 2.62 bits per heavy atom. The lowest BCUT2D eigenvalue weighted by atomic mass is 9.90. The van der Waals surface area contributed by atoms with Crippen LogP contribution in [-0.4, -0.2) is 42.2 Å². The first-order valence-corrected chi connectivity index (χ1v) is 9.10. The molecule has 0 aliphatic carbocycles. The average Bonchev–Trinajstić information content (AvgIpc) is 2.94. The van der Waals surface area contributed by atoms with E-state index in [0.717, 1.165) is 24.2 Å². The number of aromatic nitrogens is 1. The van der Waals surface area contributed by atoms with Crippen LogP contribution >= 0.6 is 11.3 Å². The predicted molar refractivity (Wildman–Crippen MR) is 102 cm³/mol. The number of nitrogens with zero attached hydrogens (tertiary/aromatic N) is 2. The Morgan fingerprint density at radius 1 is 1.17 bits per heavy atom. The molecule has 126 valence electrons. The molecule has 24 heavy (non-hydrogen) atoms. The molecule has 2 heterocycles. The lowest BCUT2D eigenvalue weighted by molar-refractivity contribution is 0.280. The van der Waals surface area contributed by atoms with Crippen LogP contribution in [0, 0.1) is 6.92 Å². The molecule has 1 atom stereocenters. The zero-order chi connectivity index (χ0) is 17.1. The van der Waals surface area contributed by atoms with Crippen molar-refractivity contribution < 1.29 is 5.11 Å². The number of aliphatic hydroxyl groups excluding tert-OH is 1. The van der Waals surface area contributed by atoms with E-state index in [-0.39, 0.29) is 12.5 Å². The number of pyridine rings is 1. The molecular weight excluding hydrogens is 316 g/mol. The zero-order valence-corrected chi connectivity index (χ0v) is 15.3. The fourth-order valence-corrected chi connectivity index (χ4v) is 4.31. The minimum Gasteiger partial charge on any atom is -0.395 e. The molecule has 4 heteroatoms. The molecule has 0 saturated carbocycles. The second-order valence-electron chi connectivity index (χ2n) is 6.46. The van der Waals surface area contributed by atoms with Gasteiger partial charge in [-0.05, 0) is 56.1 Å². The SMILES string of the molecule is Cc1ccc(C(CO)c2c(CCN(C)C)sc3ccccc23)cn1. The van der Waals surface area contributed by atoms with Gasteiger partial charge in [0, 0.05) is 33.9 Å². The second kappa shape index (κ2) is 7.43. The highest BCUT2D eigenvalue weighted by Crippen LogP contribution is 2.39. The summed E-state index contributed by atoms with van der Waals surface area (Å²) in [6, 6.07) is 12.6. The van der Waals surface area contributed by atoms with Gasteiger partial charge in [-0.3, -0.25) is 4.98 Å². The Hall–Kier alpha value is -1.75. The summed E-state index contributed by atoms with van der Waals surface area (Å²) < 4.78 is 1.29. The molecule has 0 spiro atoms. The predicted octanol–water partition coefficient (Wildman–Crippen LogP) is 3.83. The van der Waals surface area contributed by atoms with E-state index >= 15 is 0 Å². The van der Waals surface area contributed by atoms with Crippen LogP contribution < -0.4 is 0 Å². The van der Waals surface area contributed by atoms with Gasteiger partial charge in [-0.2, -0.15) is 0 Å².